The monoisotopic (exact) mass is 374 g/mol. The number of amides is 1. The Morgan fingerprint density at radius 3 is 2.00 bits per heavy atom. The van der Waals surface area contributed by atoms with Crippen molar-refractivity contribution in [3.8, 4) is 0 Å². The van der Waals surface area contributed by atoms with Gasteiger partial charge in [0.2, 0.25) is 5.95 Å². The summed E-state index contributed by atoms with van der Waals surface area (Å²) in [5.41, 5.74) is 5.67. The van der Waals surface area contributed by atoms with Gasteiger partial charge in [-0.3, -0.25) is 4.79 Å². The SMILES string of the molecule is Cc1cccc(C)c1Nc1ncc(C(=O)Nc2ccc(C(C)(C)C)cc2)cn1. The maximum atomic E-state index is 12.5. The van der Waals surface area contributed by atoms with E-state index in [0.717, 1.165) is 22.5 Å². The van der Waals surface area contributed by atoms with Gasteiger partial charge in [-0.25, -0.2) is 9.97 Å². The lowest BCUT2D eigenvalue weighted by Crippen LogP contribution is -2.14. The Morgan fingerprint density at radius 2 is 1.46 bits per heavy atom. The van der Waals surface area contributed by atoms with Crippen LogP contribution in [0.4, 0.5) is 17.3 Å². The first-order valence-corrected chi connectivity index (χ1v) is 9.31. The van der Waals surface area contributed by atoms with Crippen LogP contribution in [0.15, 0.2) is 54.9 Å². The minimum Gasteiger partial charge on any atom is -0.324 e. The molecule has 5 heteroatoms. The van der Waals surface area contributed by atoms with Crippen molar-refractivity contribution in [2.75, 3.05) is 10.6 Å². The predicted molar refractivity (Wildman–Crippen MR) is 114 cm³/mol. The Morgan fingerprint density at radius 1 is 0.893 bits per heavy atom. The van der Waals surface area contributed by atoms with Crippen LogP contribution in [0.5, 0.6) is 0 Å². The van der Waals surface area contributed by atoms with Crippen LogP contribution in [0.2, 0.25) is 0 Å². The molecule has 0 unspecified atom stereocenters. The second-order valence-corrected chi connectivity index (χ2v) is 7.97. The van der Waals surface area contributed by atoms with Crippen molar-refractivity contribution in [1.82, 2.24) is 9.97 Å². The molecule has 0 aliphatic rings. The molecule has 0 atom stereocenters. The third kappa shape index (κ3) is 4.55. The van der Waals surface area contributed by atoms with Gasteiger partial charge < -0.3 is 10.6 Å². The van der Waals surface area contributed by atoms with Gasteiger partial charge in [0, 0.05) is 23.8 Å². The average molecular weight is 374 g/mol. The van der Waals surface area contributed by atoms with Gasteiger partial charge >= 0.3 is 0 Å². The van der Waals surface area contributed by atoms with Crippen LogP contribution in [-0.2, 0) is 5.41 Å². The average Bonchev–Trinajstić information content (AvgIpc) is 2.65. The lowest BCUT2D eigenvalue weighted by Gasteiger charge is -2.19. The summed E-state index contributed by atoms with van der Waals surface area (Å²) >= 11 is 0. The number of benzene rings is 2. The van der Waals surface area contributed by atoms with E-state index >= 15 is 0 Å². The molecule has 0 bridgehead atoms. The van der Waals surface area contributed by atoms with Crippen molar-refractivity contribution < 1.29 is 4.79 Å². The summed E-state index contributed by atoms with van der Waals surface area (Å²) in [7, 11) is 0. The number of para-hydroxylation sites is 1. The number of carbonyl (C=O) groups excluding carboxylic acids is 1. The number of hydrogen-bond acceptors (Lipinski definition) is 4. The summed E-state index contributed by atoms with van der Waals surface area (Å²) in [6.07, 6.45) is 3.06. The second kappa shape index (κ2) is 7.80. The van der Waals surface area contributed by atoms with E-state index in [9.17, 15) is 4.79 Å². The minimum absolute atomic E-state index is 0.0780. The van der Waals surface area contributed by atoms with E-state index in [1.807, 2.05) is 56.3 Å². The lowest BCUT2D eigenvalue weighted by atomic mass is 9.87. The van der Waals surface area contributed by atoms with Gasteiger partial charge in [0.05, 0.1) is 5.56 Å². The van der Waals surface area contributed by atoms with Gasteiger partial charge in [-0.15, -0.1) is 0 Å². The lowest BCUT2D eigenvalue weighted by molar-refractivity contribution is 0.102. The maximum Gasteiger partial charge on any atom is 0.258 e. The molecule has 5 nitrogen and oxygen atoms in total. The predicted octanol–water partition coefficient (Wildman–Crippen LogP) is 5.39. The van der Waals surface area contributed by atoms with E-state index in [0.29, 0.717) is 11.5 Å². The zero-order valence-corrected chi connectivity index (χ0v) is 17.0. The molecule has 0 saturated carbocycles. The van der Waals surface area contributed by atoms with E-state index in [-0.39, 0.29) is 11.3 Å². The van der Waals surface area contributed by atoms with Gasteiger partial charge in [0.15, 0.2) is 0 Å². The molecule has 0 fully saturated rings. The molecular formula is C23H26N4O. The van der Waals surface area contributed by atoms with Crippen molar-refractivity contribution in [1.29, 1.82) is 0 Å². The van der Waals surface area contributed by atoms with Crippen LogP contribution < -0.4 is 10.6 Å². The fourth-order valence-electron chi connectivity index (χ4n) is 2.89. The fraction of sp³-hybridized carbons (Fsp3) is 0.261. The highest BCUT2D eigenvalue weighted by Crippen LogP contribution is 2.24. The molecule has 28 heavy (non-hydrogen) atoms. The van der Waals surface area contributed by atoms with E-state index in [1.165, 1.54) is 18.0 Å². The van der Waals surface area contributed by atoms with Gasteiger partial charge in [-0.1, -0.05) is 51.1 Å². The van der Waals surface area contributed by atoms with Gasteiger partial charge in [-0.2, -0.15) is 0 Å². The zero-order valence-electron chi connectivity index (χ0n) is 17.0. The fourth-order valence-corrected chi connectivity index (χ4v) is 2.89. The largest absolute Gasteiger partial charge is 0.324 e. The summed E-state index contributed by atoms with van der Waals surface area (Å²) in [6.45, 7) is 10.5. The number of aromatic nitrogens is 2. The van der Waals surface area contributed by atoms with Crippen molar-refractivity contribution >= 4 is 23.2 Å². The normalized spacial score (nSPS) is 11.2. The number of nitrogens with zero attached hydrogens (tertiary/aromatic N) is 2. The summed E-state index contributed by atoms with van der Waals surface area (Å²) < 4.78 is 0. The van der Waals surface area contributed by atoms with Crippen LogP contribution in [0.3, 0.4) is 0 Å². The highest BCUT2D eigenvalue weighted by molar-refractivity contribution is 6.03. The van der Waals surface area contributed by atoms with Gasteiger partial charge in [0.1, 0.15) is 0 Å². The van der Waals surface area contributed by atoms with Crippen molar-refractivity contribution in [3.63, 3.8) is 0 Å². The first-order valence-electron chi connectivity index (χ1n) is 9.31. The number of hydrogen-bond donors (Lipinski definition) is 2. The zero-order chi connectivity index (χ0) is 20.3. The summed E-state index contributed by atoms with van der Waals surface area (Å²) in [4.78, 5) is 21.0. The molecule has 0 saturated heterocycles. The topological polar surface area (TPSA) is 66.9 Å². The molecule has 3 rings (SSSR count). The number of rotatable bonds is 4. The van der Waals surface area contributed by atoms with Crippen molar-refractivity contribution in [2.45, 2.75) is 40.0 Å². The molecule has 1 heterocycles. The van der Waals surface area contributed by atoms with Gasteiger partial charge in [-0.05, 0) is 48.1 Å². The summed E-state index contributed by atoms with van der Waals surface area (Å²) in [6, 6.07) is 14.0. The first-order chi connectivity index (χ1) is 13.2. The quantitative estimate of drug-likeness (QED) is 0.643. The van der Waals surface area contributed by atoms with Crippen LogP contribution in [0.1, 0.15) is 47.8 Å². The summed E-state index contributed by atoms with van der Waals surface area (Å²) in [5, 5.41) is 6.11. The van der Waals surface area contributed by atoms with Crippen LogP contribution in [-0.4, -0.2) is 15.9 Å². The molecule has 2 aromatic carbocycles. The highest BCUT2D eigenvalue weighted by atomic mass is 16.1. The number of anilines is 3. The maximum absolute atomic E-state index is 12.5. The first kappa shape index (κ1) is 19.5. The Balaban J connectivity index is 1.68. The van der Waals surface area contributed by atoms with Crippen molar-refractivity contribution in [3.05, 3.63) is 77.1 Å². The molecule has 0 radical (unpaired) electrons. The smallest absolute Gasteiger partial charge is 0.258 e. The third-order valence-electron chi connectivity index (χ3n) is 4.64. The Kier molecular flexibility index (Phi) is 5.45. The Bertz CT molecular complexity index is 951. The molecule has 144 valence electrons. The molecule has 0 spiro atoms. The standard InChI is InChI=1S/C23H26N4O/c1-15-7-6-8-16(2)20(15)27-22-24-13-17(14-25-22)21(28)26-19-11-9-18(10-12-19)23(3,4)5/h6-14H,1-5H3,(H,26,28)(H,24,25,27). The van der Waals surface area contributed by atoms with E-state index < -0.39 is 0 Å². The molecule has 2 N–H and O–H groups in total. The molecule has 1 amide bonds. The molecule has 0 aliphatic heterocycles. The van der Waals surface area contributed by atoms with Crippen molar-refractivity contribution in [2.24, 2.45) is 0 Å². The number of aryl methyl sites for hydroxylation is 2. The molecular weight excluding hydrogens is 348 g/mol. The molecule has 0 aliphatic carbocycles. The van der Waals surface area contributed by atoms with Crippen LogP contribution in [0.25, 0.3) is 0 Å². The van der Waals surface area contributed by atoms with Crippen LogP contribution >= 0.6 is 0 Å². The second-order valence-electron chi connectivity index (χ2n) is 7.97. The number of nitrogens with one attached hydrogen (secondary N) is 2. The van der Waals surface area contributed by atoms with E-state index in [4.69, 9.17) is 0 Å². The summed E-state index contributed by atoms with van der Waals surface area (Å²) in [5.74, 6) is 0.227. The van der Waals surface area contributed by atoms with Crippen LogP contribution in [0, 0.1) is 13.8 Å². The Hall–Kier alpha value is -3.21. The third-order valence-corrected chi connectivity index (χ3v) is 4.64. The van der Waals surface area contributed by atoms with E-state index in [1.54, 1.807) is 0 Å². The van der Waals surface area contributed by atoms with E-state index in [2.05, 4.69) is 41.4 Å². The Labute approximate surface area is 166 Å². The molecule has 1 aromatic heterocycles. The molecule has 3 aromatic rings. The van der Waals surface area contributed by atoms with Gasteiger partial charge in [0.25, 0.3) is 5.91 Å². The highest BCUT2D eigenvalue weighted by Gasteiger charge is 2.14. The minimum atomic E-state index is -0.234. The number of carbonyl (C=O) groups is 1.